The molecule has 7 rings (SSSR count). The molecule has 4 aliphatic carbocycles. The third kappa shape index (κ3) is 2.91. The van der Waals surface area contributed by atoms with Gasteiger partial charge in [0.05, 0.1) is 27.5 Å². The number of halogens is 1. The van der Waals surface area contributed by atoms with Gasteiger partial charge in [0.15, 0.2) is 0 Å². The summed E-state index contributed by atoms with van der Waals surface area (Å²) < 4.78 is 7.73. The number of aromatic amines is 1. The summed E-state index contributed by atoms with van der Waals surface area (Å²) in [5.41, 5.74) is 6.53. The lowest BCUT2D eigenvalue weighted by molar-refractivity contribution is -0.161. The number of rotatable bonds is 3. The maximum Gasteiger partial charge on any atom is 0.410 e. The van der Waals surface area contributed by atoms with Crippen molar-refractivity contribution in [3.05, 3.63) is 33.7 Å². The Bertz CT molecular complexity index is 1160. The number of para-hydroxylation sites is 1. The van der Waals surface area contributed by atoms with Gasteiger partial charge in [-0.25, -0.2) is 9.59 Å². The van der Waals surface area contributed by atoms with Gasteiger partial charge in [-0.15, -0.1) is 0 Å². The Labute approximate surface area is 190 Å². The molecule has 2 aromatic rings. The molecule has 170 valence electrons. The number of carbonyl (C=O) groups excluding carboxylic acids is 2. The number of imidazole rings is 1. The first-order chi connectivity index (χ1) is 15.3. The van der Waals surface area contributed by atoms with E-state index < -0.39 is 5.41 Å². The first kappa shape index (κ1) is 20.1. The van der Waals surface area contributed by atoms with Gasteiger partial charge in [-0.1, -0.05) is 17.7 Å². The molecule has 2 amide bonds. The summed E-state index contributed by atoms with van der Waals surface area (Å²) >= 11 is 6.37. The van der Waals surface area contributed by atoms with Gasteiger partial charge in [-0.3, -0.25) is 9.36 Å². The average molecular weight is 459 g/mol. The lowest BCUT2D eigenvalue weighted by atomic mass is 9.48. The van der Waals surface area contributed by atoms with E-state index in [1.165, 1.54) is 0 Å². The third-order valence-electron chi connectivity index (χ3n) is 8.42. The minimum absolute atomic E-state index is 0.143. The van der Waals surface area contributed by atoms with E-state index in [-0.39, 0.29) is 41.7 Å². The van der Waals surface area contributed by atoms with Gasteiger partial charge >= 0.3 is 11.8 Å². The molecular weight excluding hydrogens is 432 g/mol. The maximum atomic E-state index is 13.1. The van der Waals surface area contributed by atoms with Crippen LogP contribution in [0.15, 0.2) is 23.0 Å². The lowest BCUT2D eigenvalue weighted by Crippen LogP contribution is -2.59. The molecule has 8 nitrogen and oxygen atoms in total. The minimum atomic E-state index is -0.395. The zero-order chi connectivity index (χ0) is 22.2. The Hall–Kier alpha value is -2.48. The molecule has 6 atom stereocenters. The summed E-state index contributed by atoms with van der Waals surface area (Å²) in [4.78, 5) is 42.4. The van der Waals surface area contributed by atoms with E-state index in [2.05, 4.69) is 4.98 Å². The number of primary amides is 1. The van der Waals surface area contributed by atoms with Crippen LogP contribution in [0.5, 0.6) is 0 Å². The Morgan fingerprint density at radius 1 is 1.19 bits per heavy atom. The van der Waals surface area contributed by atoms with Crippen molar-refractivity contribution >= 4 is 34.6 Å². The highest BCUT2D eigenvalue weighted by atomic mass is 35.5. The Morgan fingerprint density at radius 2 is 1.94 bits per heavy atom. The summed E-state index contributed by atoms with van der Waals surface area (Å²) in [6.45, 7) is 0.940. The van der Waals surface area contributed by atoms with Crippen molar-refractivity contribution < 1.29 is 14.3 Å². The molecule has 3 N–H and O–H groups in total. The van der Waals surface area contributed by atoms with Crippen LogP contribution in [0.3, 0.4) is 0 Å². The number of ether oxygens (including phenoxy) is 1. The number of hydrogen-bond acceptors (Lipinski definition) is 4. The smallest absolute Gasteiger partial charge is 0.410 e. The number of aromatic nitrogens is 2. The highest BCUT2D eigenvalue weighted by Gasteiger charge is 2.59. The number of H-pyrrole nitrogens is 1. The number of nitrogens with two attached hydrogens (primary N) is 1. The van der Waals surface area contributed by atoms with E-state index in [1.54, 1.807) is 21.6 Å². The van der Waals surface area contributed by atoms with E-state index in [1.807, 2.05) is 6.07 Å². The molecular formula is C23H27ClN4O4. The summed E-state index contributed by atoms with van der Waals surface area (Å²) in [6, 6.07) is 5.24. The minimum Gasteiger partial charge on any atom is -0.446 e. The molecule has 3 unspecified atom stereocenters. The second-order valence-corrected chi connectivity index (χ2v) is 10.7. The summed E-state index contributed by atoms with van der Waals surface area (Å²) in [5.74, 6) is 0.758. The molecule has 1 aliphatic heterocycles. The van der Waals surface area contributed by atoms with Crippen molar-refractivity contribution in [2.75, 3.05) is 13.1 Å². The fraction of sp³-hybridized carbons (Fsp3) is 0.609. The Balaban J connectivity index is 1.17. The Kier molecular flexibility index (Phi) is 4.41. The second-order valence-electron chi connectivity index (χ2n) is 10.3. The molecule has 1 saturated heterocycles. The number of fused-ring (bicyclic) bond motifs is 1. The van der Waals surface area contributed by atoms with Crippen LogP contribution in [0.4, 0.5) is 4.79 Å². The van der Waals surface area contributed by atoms with Crippen LogP contribution in [0.2, 0.25) is 5.02 Å². The number of nitrogens with one attached hydrogen (secondary N) is 1. The van der Waals surface area contributed by atoms with Crippen LogP contribution in [0, 0.1) is 23.2 Å². The van der Waals surface area contributed by atoms with Gasteiger partial charge in [-0.05, 0) is 68.4 Å². The van der Waals surface area contributed by atoms with E-state index in [4.69, 9.17) is 22.1 Å². The predicted molar refractivity (Wildman–Crippen MR) is 118 cm³/mol. The molecule has 5 fully saturated rings. The van der Waals surface area contributed by atoms with Crippen LogP contribution < -0.4 is 11.4 Å². The van der Waals surface area contributed by atoms with Gasteiger partial charge in [0, 0.05) is 13.1 Å². The van der Waals surface area contributed by atoms with Crippen molar-refractivity contribution in [2.45, 2.75) is 50.7 Å². The quantitative estimate of drug-likeness (QED) is 0.736. The molecule has 0 spiro atoms. The topological polar surface area (TPSA) is 110 Å². The van der Waals surface area contributed by atoms with Crippen LogP contribution in [0.25, 0.3) is 11.0 Å². The third-order valence-corrected chi connectivity index (χ3v) is 8.73. The average Bonchev–Trinajstić information content (AvgIpc) is 3.34. The molecule has 32 heavy (non-hydrogen) atoms. The van der Waals surface area contributed by atoms with Crippen molar-refractivity contribution in [3.63, 3.8) is 0 Å². The zero-order valence-corrected chi connectivity index (χ0v) is 18.5. The highest BCUT2D eigenvalue weighted by molar-refractivity contribution is 6.34. The van der Waals surface area contributed by atoms with E-state index >= 15 is 0 Å². The first-order valence-electron chi connectivity index (χ1n) is 11.5. The summed E-state index contributed by atoms with van der Waals surface area (Å²) in [6.07, 6.45) is 4.58. The largest absolute Gasteiger partial charge is 0.446 e. The summed E-state index contributed by atoms with van der Waals surface area (Å²) in [7, 11) is 0. The molecule has 4 saturated carbocycles. The fourth-order valence-corrected chi connectivity index (χ4v) is 7.53. The van der Waals surface area contributed by atoms with Crippen LogP contribution >= 0.6 is 11.6 Å². The SMILES string of the molecule is NC(=O)[C@]12CC3CC(C1)C(OC(=O)N1CC[C@@H](n4c(=O)[nH]c5cccc(Cl)c54)C1)[C@@H](C3)C2. The van der Waals surface area contributed by atoms with E-state index in [0.29, 0.717) is 41.5 Å². The molecule has 2 heterocycles. The standard InChI is InChI=1S/C23H27ClN4O4/c24-16-2-1-3-17-18(16)28(21(30)26-17)15-4-5-27(11-15)22(31)32-19-13-6-12-7-14(19)10-23(8-12,9-13)20(25)29/h1-3,12-15,19H,4-11H2,(H2,25,29)(H,26,30)/t12?,13-,14?,15+,19?,23-/m0/s1. The van der Waals surface area contributed by atoms with Gasteiger partial charge < -0.3 is 20.4 Å². The van der Waals surface area contributed by atoms with E-state index in [9.17, 15) is 14.4 Å². The van der Waals surface area contributed by atoms with Crippen molar-refractivity contribution in [1.29, 1.82) is 0 Å². The maximum absolute atomic E-state index is 13.1. The first-order valence-corrected chi connectivity index (χ1v) is 11.9. The monoisotopic (exact) mass is 458 g/mol. The van der Waals surface area contributed by atoms with Gasteiger partial charge in [-0.2, -0.15) is 0 Å². The molecule has 9 heteroatoms. The summed E-state index contributed by atoms with van der Waals surface area (Å²) in [5, 5.41) is 0.513. The van der Waals surface area contributed by atoms with Crippen molar-refractivity contribution in [3.8, 4) is 0 Å². The van der Waals surface area contributed by atoms with Crippen molar-refractivity contribution in [2.24, 2.45) is 28.9 Å². The number of amides is 2. The fourth-order valence-electron chi connectivity index (χ4n) is 7.27. The zero-order valence-electron chi connectivity index (χ0n) is 17.8. The molecule has 1 aromatic carbocycles. The lowest BCUT2D eigenvalue weighted by Gasteiger charge is -2.58. The number of hydrogen-bond donors (Lipinski definition) is 2. The molecule has 4 bridgehead atoms. The molecule has 1 aromatic heterocycles. The number of carbonyl (C=O) groups is 2. The van der Waals surface area contributed by atoms with Gasteiger partial charge in [0.25, 0.3) is 0 Å². The van der Waals surface area contributed by atoms with Gasteiger partial charge in [0.2, 0.25) is 5.91 Å². The predicted octanol–water partition coefficient (Wildman–Crippen LogP) is 3.05. The second kappa shape index (κ2) is 7.01. The van der Waals surface area contributed by atoms with Crippen molar-refractivity contribution in [1.82, 2.24) is 14.5 Å². The van der Waals surface area contributed by atoms with E-state index in [0.717, 1.165) is 32.1 Å². The van der Waals surface area contributed by atoms with Crippen LogP contribution in [0.1, 0.15) is 44.6 Å². The number of likely N-dealkylation sites (tertiary alicyclic amines) is 1. The number of nitrogens with zero attached hydrogens (tertiary/aromatic N) is 2. The number of benzene rings is 1. The molecule has 5 aliphatic rings. The van der Waals surface area contributed by atoms with Crippen LogP contribution in [-0.4, -0.2) is 45.6 Å². The van der Waals surface area contributed by atoms with Crippen LogP contribution in [-0.2, 0) is 9.53 Å². The highest BCUT2D eigenvalue weighted by Crippen LogP contribution is 2.60. The molecule has 0 radical (unpaired) electrons. The Morgan fingerprint density at radius 3 is 2.66 bits per heavy atom. The van der Waals surface area contributed by atoms with Gasteiger partial charge in [0.1, 0.15) is 6.10 Å². The normalized spacial score (nSPS) is 35.5.